The van der Waals surface area contributed by atoms with Crippen molar-refractivity contribution in [3.63, 3.8) is 0 Å². The van der Waals surface area contributed by atoms with Crippen molar-refractivity contribution >= 4 is 16.9 Å². The van der Waals surface area contributed by atoms with Crippen LogP contribution in [-0.2, 0) is 6.54 Å². The number of nitrogens with one attached hydrogen (secondary N) is 1. The van der Waals surface area contributed by atoms with E-state index in [4.69, 9.17) is 14.2 Å². The van der Waals surface area contributed by atoms with Gasteiger partial charge in [0.25, 0.3) is 5.91 Å². The van der Waals surface area contributed by atoms with Gasteiger partial charge in [-0.15, -0.1) is 0 Å². The summed E-state index contributed by atoms with van der Waals surface area (Å²) in [6, 6.07) is 5.82. The minimum absolute atomic E-state index is 0.120. The number of ether oxygens (including phenoxy) is 3. The van der Waals surface area contributed by atoms with Gasteiger partial charge in [-0.1, -0.05) is 0 Å². The van der Waals surface area contributed by atoms with Crippen LogP contribution in [0.15, 0.2) is 24.3 Å². The number of amides is 1. The van der Waals surface area contributed by atoms with Gasteiger partial charge in [-0.2, -0.15) is 0 Å². The smallest absolute Gasteiger partial charge is 0.253 e. The van der Waals surface area contributed by atoms with Gasteiger partial charge in [0.15, 0.2) is 11.5 Å². The second-order valence-electron chi connectivity index (χ2n) is 6.42. The van der Waals surface area contributed by atoms with Crippen LogP contribution < -0.4 is 19.5 Å². The molecule has 0 fully saturated rings. The largest absolute Gasteiger partial charge is 0.496 e. The molecule has 0 bridgehead atoms. The first kappa shape index (κ1) is 20.3. The Morgan fingerprint density at radius 3 is 2.21 bits per heavy atom. The number of halogens is 1. The number of hydrogen-bond acceptors (Lipinski definition) is 6. The molecule has 0 unspecified atom stereocenters. The summed E-state index contributed by atoms with van der Waals surface area (Å²) in [5.41, 5.74) is 2.85. The van der Waals surface area contributed by atoms with Crippen molar-refractivity contribution in [2.45, 2.75) is 20.4 Å². The molecule has 29 heavy (non-hydrogen) atoms. The van der Waals surface area contributed by atoms with Crippen LogP contribution in [0.5, 0.6) is 17.2 Å². The molecular weight excluding hydrogens is 377 g/mol. The summed E-state index contributed by atoms with van der Waals surface area (Å²) in [6.07, 6.45) is 0. The summed E-state index contributed by atoms with van der Waals surface area (Å²) in [6.45, 7) is 3.72. The fourth-order valence-electron chi connectivity index (χ4n) is 2.97. The molecule has 0 saturated heterocycles. The van der Waals surface area contributed by atoms with Crippen LogP contribution in [0.2, 0.25) is 0 Å². The Bertz CT molecular complexity index is 1090. The first-order chi connectivity index (χ1) is 13.9. The van der Waals surface area contributed by atoms with E-state index >= 15 is 0 Å². The molecule has 0 atom stereocenters. The number of fused-ring (bicyclic) bond motifs is 1. The minimum Gasteiger partial charge on any atom is -0.496 e. The fraction of sp³-hybridized carbons (Fsp3) is 0.286. The van der Waals surface area contributed by atoms with E-state index in [1.807, 2.05) is 0 Å². The number of nitrogens with zero attached hydrogens (tertiary/aromatic N) is 2. The topological polar surface area (TPSA) is 82.6 Å². The third kappa shape index (κ3) is 4.06. The summed E-state index contributed by atoms with van der Waals surface area (Å²) in [4.78, 5) is 21.6. The molecule has 0 aliphatic carbocycles. The molecule has 1 amide bonds. The van der Waals surface area contributed by atoms with Gasteiger partial charge < -0.3 is 19.5 Å². The third-order valence-electron chi connectivity index (χ3n) is 4.62. The average molecular weight is 399 g/mol. The first-order valence-electron chi connectivity index (χ1n) is 8.89. The number of aryl methyl sites for hydroxylation is 2. The van der Waals surface area contributed by atoms with E-state index in [9.17, 15) is 9.18 Å². The average Bonchev–Trinajstić information content (AvgIpc) is 2.71. The normalized spacial score (nSPS) is 10.7. The van der Waals surface area contributed by atoms with Crippen LogP contribution in [0.1, 0.15) is 27.3 Å². The lowest BCUT2D eigenvalue weighted by Crippen LogP contribution is -2.24. The molecule has 152 valence electrons. The Balaban J connectivity index is 1.93. The van der Waals surface area contributed by atoms with Crippen LogP contribution in [0, 0.1) is 19.7 Å². The van der Waals surface area contributed by atoms with Crippen LogP contribution in [-0.4, -0.2) is 37.2 Å². The number of carbonyl (C=O) groups excluding carboxylic acids is 1. The molecule has 8 heteroatoms. The zero-order valence-electron chi connectivity index (χ0n) is 16.9. The van der Waals surface area contributed by atoms with E-state index in [0.29, 0.717) is 45.2 Å². The van der Waals surface area contributed by atoms with Gasteiger partial charge in [-0.25, -0.2) is 14.4 Å². The van der Waals surface area contributed by atoms with E-state index in [1.54, 1.807) is 26.0 Å². The molecule has 3 aromatic rings. The second-order valence-corrected chi connectivity index (χ2v) is 6.42. The SMILES string of the molecule is COc1cc(OC)c(OC)cc1CNC(=O)c1cc(F)cc2nc(C)c(C)nc12. The number of rotatable bonds is 6. The molecule has 0 radical (unpaired) electrons. The van der Waals surface area contributed by atoms with E-state index in [2.05, 4.69) is 15.3 Å². The minimum atomic E-state index is -0.552. The van der Waals surface area contributed by atoms with E-state index in [0.717, 1.165) is 6.07 Å². The molecular formula is C21H22FN3O4. The van der Waals surface area contributed by atoms with Crippen LogP contribution in [0.4, 0.5) is 4.39 Å². The van der Waals surface area contributed by atoms with Crippen molar-refractivity contribution in [2.24, 2.45) is 0 Å². The molecule has 1 heterocycles. The van der Waals surface area contributed by atoms with Crippen molar-refractivity contribution in [1.82, 2.24) is 15.3 Å². The Kier molecular flexibility index (Phi) is 5.81. The van der Waals surface area contributed by atoms with Gasteiger partial charge in [0, 0.05) is 24.2 Å². The first-order valence-corrected chi connectivity index (χ1v) is 8.89. The number of hydrogen-bond donors (Lipinski definition) is 1. The lowest BCUT2D eigenvalue weighted by Gasteiger charge is -2.15. The molecule has 2 aromatic carbocycles. The molecule has 1 N–H and O–H groups in total. The molecule has 7 nitrogen and oxygen atoms in total. The number of benzene rings is 2. The maximum atomic E-state index is 14.1. The van der Waals surface area contributed by atoms with Gasteiger partial charge in [0.2, 0.25) is 0 Å². The predicted octanol–water partition coefficient (Wildman–Crippen LogP) is 3.34. The molecule has 0 aliphatic heterocycles. The van der Waals surface area contributed by atoms with Gasteiger partial charge in [-0.05, 0) is 26.0 Å². The maximum absolute atomic E-state index is 14.1. The summed E-state index contributed by atoms with van der Waals surface area (Å²) in [5.74, 6) is 0.522. The summed E-state index contributed by atoms with van der Waals surface area (Å²) < 4.78 is 30.0. The number of methoxy groups -OCH3 is 3. The van der Waals surface area contributed by atoms with Crippen molar-refractivity contribution in [1.29, 1.82) is 0 Å². The Morgan fingerprint density at radius 1 is 0.931 bits per heavy atom. The molecule has 0 saturated carbocycles. The Morgan fingerprint density at radius 2 is 1.55 bits per heavy atom. The summed E-state index contributed by atoms with van der Waals surface area (Å²) in [5, 5.41) is 2.78. The molecule has 1 aromatic heterocycles. The standard InChI is InChI=1S/C21H22FN3O4/c1-11-12(2)25-20-15(7-14(22)8-16(20)24-11)21(26)23-10-13-6-18(28-4)19(29-5)9-17(13)27-3/h6-9H,10H2,1-5H3,(H,23,26). The van der Waals surface area contributed by atoms with Crippen LogP contribution >= 0.6 is 0 Å². The molecule has 0 spiro atoms. The maximum Gasteiger partial charge on any atom is 0.253 e. The highest BCUT2D eigenvalue weighted by Crippen LogP contribution is 2.34. The fourth-order valence-corrected chi connectivity index (χ4v) is 2.97. The number of carbonyl (C=O) groups is 1. The quantitative estimate of drug-likeness (QED) is 0.685. The molecule has 3 rings (SSSR count). The third-order valence-corrected chi connectivity index (χ3v) is 4.62. The van der Waals surface area contributed by atoms with Gasteiger partial charge in [-0.3, -0.25) is 4.79 Å². The second kappa shape index (κ2) is 8.30. The Labute approximate surface area is 167 Å². The highest BCUT2D eigenvalue weighted by Gasteiger charge is 2.17. The predicted molar refractivity (Wildman–Crippen MR) is 106 cm³/mol. The van der Waals surface area contributed by atoms with Gasteiger partial charge in [0.05, 0.1) is 43.8 Å². The van der Waals surface area contributed by atoms with Crippen molar-refractivity contribution in [3.8, 4) is 17.2 Å². The van der Waals surface area contributed by atoms with Gasteiger partial charge >= 0.3 is 0 Å². The highest BCUT2D eigenvalue weighted by molar-refractivity contribution is 6.04. The molecule has 0 aliphatic rings. The van der Waals surface area contributed by atoms with Crippen molar-refractivity contribution in [2.75, 3.05) is 21.3 Å². The van der Waals surface area contributed by atoms with E-state index in [-0.39, 0.29) is 12.1 Å². The van der Waals surface area contributed by atoms with Crippen LogP contribution in [0.3, 0.4) is 0 Å². The van der Waals surface area contributed by atoms with E-state index in [1.165, 1.54) is 27.4 Å². The lowest BCUT2D eigenvalue weighted by molar-refractivity contribution is 0.0951. The zero-order valence-corrected chi connectivity index (χ0v) is 16.9. The van der Waals surface area contributed by atoms with Crippen molar-refractivity contribution in [3.05, 3.63) is 52.6 Å². The van der Waals surface area contributed by atoms with Crippen molar-refractivity contribution < 1.29 is 23.4 Å². The summed E-state index contributed by atoms with van der Waals surface area (Å²) >= 11 is 0. The zero-order chi connectivity index (χ0) is 21.1. The van der Waals surface area contributed by atoms with Gasteiger partial charge in [0.1, 0.15) is 17.1 Å². The highest BCUT2D eigenvalue weighted by atomic mass is 19.1. The Hall–Kier alpha value is -3.42. The number of aromatic nitrogens is 2. The monoisotopic (exact) mass is 399 g/mol. The lowest BCUT2D eigenvalue weighted by atomic mass is 10.1. The van der Waals surface area contributed by atoms with Crippen LogP contribution in [0.25, 0.3) is 11.0 Å². The summed E-state index contributed by atoms with van der Waals surface area (Å²) in [7, 11) is 4.57. The van der Waals surface area contributed by atoms with E-state index < -0.39 is 11.7 Å².